The zero-order chi connectivity index (χ0) is 13.9. The highest BCUT2D eigenvalue weighted by Gasteiger charge is 2.06. The molecule has 0 spiro atoms. The number of aromatic nitrogens is 4. The van der Waals surface area contributed by atoms with E-state index in [9.17, 15) is 4.79 Å². The van der Waals surface area contributed by atoms with Crippen LogP contribution in [0.15, 0.2) is 36.8 Å². The number of imidazole rings is 1. The summed E-state index contributed by atoms with van der Waals surface area (Å²) in [7, 11) is 0. The quantitative estimate of drug-likeness (QED) is 0.755. The highest BCUT2D eigenvalue weighted by molar-refractivity contribution is 5.80. The number of hydrogen-bond acceptors (Lipinski definition) is 4. The van der Waals surface area contributed by atoms with Crippen LogP contribution >= 0.6 is 0 Å². The summed E-state index contributed by atoms with van der Waals surface area (Å²) in [6, 6.07) is 7.63. The second kappa shape index (κ2) is 5.08. The van der Waals surface area contributed by atoms with Gasteiger partial charge in [-0.1, -0.05) is 6.07 Å². The third-order valence-electron chi connectivity index (χ3n) is 2.98. The normalized spacial score (nSPS) is 10.8. The predicted octanol–water partition coefficient (Wildman–Crippen LogP) is 2.04. The first kappa shape index (κ1) is 12.3. The Labute approximate surface area is 114 Å². The van der Waals surface area contributed by atoms with Crippen molar-refractivity contribution >= 4 is 17.0 Å². The number of hydrogen-bond donors (Lipinski definition) is 2. The Morgan fingerprint density at radius 1 is 1.25 bits per heavy atom. The number of fused-ring (bicyclic) bond motifs is 1. The molecule has 0 aliphatic rings. The van der Waals surface area contributed by atoms with Crippen LogP contribution in [-0.4, -0.2) is 31.0 Å². The fraction of sp³-hybridized carbons (Fsp3) is 0.143. The second-order valence-corrected chi connectivity index (χ2v) is 4.39. The lowest BCUT2D eigenvalue weighted by Crippen LogP contribution is -2.02. The Balaban J connectivity index is 1.92. The molecule has 2 heterocycles. The summed E-state index contributed by atoms with van der Waals surface area (Å²) in [6.45, 7) is 0. The number of nitrogens with one attached hydrogen (secondary N) is 1. The molecule has 0 radical (unpaired) electrons. The molecule has 0 saturated heterocycles. The minimum atomic E-state index is -0.849. The molecule has 0 aliphatic heterocycles. The van der Waals surface area contributed by atoms with Gasteiger partial charge in [0.25, 0.3) is 0 Å². The van der Waals surface area contributed by atoms with Gasteiger partial charge in [0.2, 0.25) is 0 Å². The first-order valence-electron chi connectivity index (χ1n) is 6.19. The van der Waals surface area contributed by atoms with Gasteiger partial charge in [0.15, 0.2) is 0 Å². The van der Waals surface area contributed by atoms with Crippen LogP contribution in [0.25, 0.3) is 22.3 Å². The Morgan fingerprint density at radius 3 is 3.00 bits per heavy atom. The summed E-state index contributed by atoms with van der Waals surface area (Å²) in [5.41, 5.74) is 3.56. The molecule has 2 aromatic heterocycles. The number of aryl methyl sites for hydroxylation is 1. The van der Waals surface area contributed by atoms with Crippen LogP contribution < -0.4 is 0 Å². The van der Waals surface area contributed by atoms with Crippen molar-refractivity contribution in [1.82, 2.24) is 19.9 Å². The second-order valence-electron chi connectivity index (χ2n) is 4.39. The van der Waals surface area contributed by atoms with Crippen molar-refractivity contribution in [2.24, 2.45) is 0 Å². The fourth-order valence-electron chi connectivity index (χ4n) is 1.99. The average molecular weight is 268 g/mol. The minimum absolute atomic E-state index is 0.0308. The van der Waals surface area contributed by atoms with E-state index in [1.165, 1.54) is 0 Å². The number of aromatic amines is 1. The van der Waals surface area contributed by atoms with Crippen LogP contribution in [0.1, 0.15) is 12.2 Å². The first-order valence-corrected chi connectivity index (χ1v) is 6.19. The Bertz CT molecular complexity index is 766. The standard InChI is InChI=1S/C14H12N4O2/c19-14(20)4-3-13-15-6-5-10(18-13)9-1-2-11-12(7-9)17-8-16-11/h1-2,5-8H,3-4H2,(H,16,17)(H,19,20). The third-order valence-corrected chi connectivity index (χ3v) is 2.98. The van der Waals surface area contributed by atoms with E-state index in [1.54, 1.807) is 12.5 Å². The molecular formula is C14H12N4O2. The highest BCUT2D eigenvalue weighted by atomic mass is 16.4. The lowest BCUT2D eigenvalue weighted by molar-refractivity contribution is -0.137. The van der Waals surface area contributed by atoms with Crippen LogP contribution in [0.4, 0.5) is 0 Å². The topological polar surface area (TPSA) is 91.8 Å². The first-order chi connectivity index (χ1) is 9.72. The lowest BCUT2D eigenvalue weighted by atomic mass is 10.1. The molecule has 0 aliphatic carbocycles. The van der Waals surface area contributed by atoms with E-state index < -0.39 is 5.97 Å². The number of carbonyl (C=O) groups is 1. The number of H-pyrrole nitrogens is 1. The summed E-state index contributed by atoms with van der Waals surface area (Å²) in [6.07, 6.45) is 3.65. The van der Waals surface area contributed by atoms with E-state index in [0.717, 1.165) is 22.3 Å². The van der Waals surface area contributed by atoms with Gasteiger partial charge in [-0.05, 0) is 18.2 Å². The molecule has 3 aromatic rings. The summed E-state index contributed by atoms with van der Waals surface area (Å²) in [5, 5.41) is 8.69. The van der Waals surface area contributed by atoms with Gasteiger partial charge in [-0.25, -0.2) is 15.0 Å². The number of carboxylic acid groups (broad SMARTS) is 1. The summed E-state index contributed by atoms with van der Waals surface area (Å²) in [5.74, 6) is -0.313. The number of benzene rings is 1. The van der Waals surface area contributed by atoms with Gasteiger partial charge in [-0.3, -0.25) is 4.79 Å². The molecule has 0 atom stereocenters. The number of nitrogens with zero attached hydrogens (tertiary/aromatic N) is 3. The molecule has 1 aromatic carbocycles. The molecule has 100 valence electrons. The molecule has 3 rings (SSSR count). The molecule has 0 fully saturated rings. The lowest BCUT2D eigenvalue weighted by Gasteiger charge is -2.03. The number of carboxylic acids is 1. The smallest absolute Gasteiger partial charge is 0.303 e. The largest absolute Gasteiger partial charge is 0.481 e. The van der Waals surface area contributed by atoms with Crippen molar-refractivity contribution in [1.29, 1.82) is 0 Å². The van der Waals surface area contributed by atoms with Gasteiger partial charge in [-0.2, -0.15) is 0 Å². The molecule has 6 nitrogen and oxygen atoms in total. The van der Waals surface area contributed by atoms with Crippen molar-refractivity contribution in [3.63, 3.8) is 0 Å². The zero-order valence-electron chi connectivity index (χ0n) is 10.6. The molecule has 2 N–H and O–H groups in total. The van der Waals surface area contributed by atoms with Gasteiger partial charge in [-0.15, -0.1) is 0 Å². The monoisotopic (exact) mass is 268 g/mol. The Kier molecular flexibility index (Phi) is 3.12. The van der Waals surface area contributed by atoms with E-state index in [2.05, 4.69) is 19.9 Å². The minimum Gasteiger partial charge on any atom is -0.481 e. The van der Waals surface area contributed by atoms with Crippen LogP contribution in [0, 0.1) is 0 Å². The molecular weight excluding hydrogens is 256 g/mol. The van der Waals surface area contributed by atoms with Crippen LogP contribution in [0.2, 0.25) is 0 Å². The number of rotatable bonds is 4. The maximum atomic E-state index is 10.6. The zero-order valence-corrected chi connectivity index (χ0v) is 10.6. The van der Waals surface area contributed by atoms with E-state index in [-0.39, 0.29) is 6.42 Å². The van der Waals surface area contributed by atoms with E-state index in [0.29, 0.717) is 12.2 Å². The molecule has 0 amide bonds. The van der Waals surface area contributed by atoms with E-state index >= 15 is 0 Å². The highest BCUT2D eigenvalue weighted by Crippen LogP contribution is 2.21. The van der Waals surface area contributed by atoms with Crippen LogP contribution in [0.3, 0.4) is 0 Å². The molecule has 0 saturated carbocycles. The van der Waals surface area contributed by atoms with Crippen LogP contribution in [0.5, 0.6) is 0 Å². The van der Waals surface area contributed by atoms with E-state index in [1.807, 2.05) is 24.3 Å². The fourth-order valence-corrected chi connectivity index (χ4v) is 1.99. The van der Waals surface area contributed by atoms with Gasteiger partial charge in [0, 0.05) is 18.2 Å². The third kappa shape index (κ3) is 2.49. The molecule has 0 unspecified atom stereocenters. The van der Waals surface area contributed by atoms with Gasteiger partial charge in [0.05, 0.1) is 29.5 Å². The Hall–Kier alpha value is -2.76. The Morgan fingerprint density at radius 2 is 2.15 bits per heavy atom. The van der Waals surface area contributed by atoms with Crippen molar-refractivity contribution < 1.29 is 9.90 Å². The molecule has 6 heteroatoms. The van der Waals surface area contributed by atoms with Crippen molar-refractivity contribution in [3.05, 3.63) is 42.6 Å². The predicted molar refractivity (Wildman–Crippen MR) is 73.1 cm³/mol. The van der Waals surface area contributed by atoms with Gasteiger partial charge in [0.1, 0.15) is 5.82 Å². The van der Waals surface area contributed by atoms with Gasteiger partial charge >= 0.3 is 5.97 Å². The van der Waals surface area contributed by atoms with Crippen molar-refractivity contribution in [3.8, 4) is 11.3 Å². The SMILES string of the molecule is O=C(O)CCc1nccc(-c2ccc3nc[nH]c3c2)n1. The van der Waals surface area contributed by atoms with Crippen molar-refractivity contribution in [2.45, 2.75) is 12.8 Å². The van der Waals surface area contributed by atoms with Crippen LogP contribution in [-0.2, 0) is 11.2 Å². The van der Waals surface area contributed by atoms with Crippen molar-refractivity contribution in [2.75, 3.05) is 0 Å². The summed E-state index contributed by atoms with van der Waals surface area (Å²) < 4.78 is 0. The molecule has 20 heavy (non-hydrogen) atoms. The van der Waals surface area contributed by atoms with E-state index in [4.69, 9.17) is 5.11 Å². The maximum absolute atomic E-state index is 10.6. The molecule has 0 bridgehead atoms. The summed E-state index contributed by atoms with van der Waals surface area (Å²) in [4.78, 5) is 26.3. The number of aliphatic carboxylic acids is 1. The average Bonchev–Trinajstić information content (AvgIpc) is 2.93. The van der Waals surface area contributed by atoms with Gasteiger partial charge < -0.3 is 10.1 Å². The maximum Gasteiger partial charge on any atom is 0.303 e. The summed E-state index contributed by atoms with van der Waals surface area (Å²) >= 11 is 0.